The number of rotatable bonds is 7. The Hall–Kier alpha value is -2.11. The summed E-state index contributed by atoms with van der Waals surface area (Å²) in [6.45, 7) is 3.37. The molecule has 0 saturated carbocycles. The van der Waals surface area contributed by atoms with E-state index >= 15 is 0 Å². The van der Waals surface area contributed by atoms with Gasteiger partial charge in [-0.2, -0.15) is 9.40 Å². The third-order valence-corrected chi connectivity index (χ3v) is 6.94. The molecule has 160 valence electrons. The van der Waals surface area contributed by atoms with Crippen LogP contribution in [0.2, 0.25) is 0 Å². The Labute approximate surface area is 167 Å². The van der Waals surface area contributed by atoms with E-state index < -0.39 is 26.6 Å². The van der Waals surface area contributed by atoms with E-state index in [-0.39, 0.29) is 24.7 Å². The minimum atomic E-state index is -4.00. The van der Waals surface area contributed by atoms with Gasteiger partial charge in [0.25, 0.3) is 0 Å². The van der Waals surface area contributed by atoms with Crippen LogP contribution in [-0.2, 0) is 27.8 Å². The number of methoxy groups -OCH3 is 1. The van der Waals surface area contributed by atoms with Gasteiger partial charge >= 0.3 is 5.69 Å². The van der Waals surface area contributed by atoms with Crippen LogP contribution >= 0.6 is 0 Å². The lowest BCUT2D eigenvalue weighted by Gasteiger charge is -2.30. The van der Waals surface area contributed by atoms with Crippen LogP contribution < -0.4 is 5.69 Å². The molecule has 29 heavy (non-hydrogen) atoms. The van der Waals surface area contributed by atoms with Crippen LogP contribution in [0.4, 0.5) is 8.78 Å². The molecule has 0 bridgehead atoms. The zero-order valence-corrected chi connectivity index (χ0v) is 17.2. The van der Waals surface area contributed by atoms with Crippen molar-refractivity contribution in [2.45, 2.75) is 43.7 Å². The van der Waals surface area contributed by atoms with Gasteiger partial charge in [-0.15, -0.1) is 0 Å². The fourth-order valence-corrected chi connectivity index (χ4v) is 5.07. The van der Waals surface area contributed by atoms with E-state index in [4.69, 9.17) is 4.74 Å². The van der Waals surface area contributed by atoms with Crippen molar-refractivity contribution in [3.05, 3.63) is 46.1 Å². The van der Waals surface area contributed by atoms with E-state index in [9.17, 15) is 22.0 Å². The number of sulfonamides is 1. The summed E-state index contributed by atoms with van der Waals surface area (Å²) in [5, 5.41) is 4.43. The molecule has 0 aliphatic carbocycles. The lowest BCUT2D eigenvalue weighted by Crippen LogP contribution is -2.38. The summed E-state index contributed by atoms with van der Waals surface area (Å²) in [5.74, 6) is -1.33. The van der Waals surface area contributed by atoms with Gasteiger partial charge in [-0.25, -0.2) is 26.7 Å². The fraction of sp³-hybridized carbons (Fsp3) is 0.556. The molecule has 1 aliphatic rings. The van der Waals surface area contributed by atoms with Crippen molar-refractivity contribution in [3.63, 3.8) is 0 Å². The molecule has 11 heteroatoms. The van der Waals surface area contributed by atoms with Gasteiger partial charge in [0, 0.05) is 38.7 Å². The number of halogens is 2. The van der Waals surface area contributed by atoms with Crippen LogP contribution in [0.1, 0.15) is 31.5 Å². The van der Waals surface area contributed by atoms with Gasteiger partial charge in [-0.05, 0) is 31.9 Å². The Bertz CT molecular complexity index is 1010. The van der Waals surface area contributed by atoms with E-state index in [2.05, 4.69) is 5.10 Å². The first-order valence-electron chi connectivity index (χ1n) is 9.40. The molecule has 1 aromatic carbocycles. The van der Waals surface area contributed by atoms with Crippen molar-refractivity contribution in [1.29, 1.82) is 0 Å². The second-order valence-corrected chi connectivity index (χ2v) is 8.82. The molecule has 2 aromatic rings. The van der Waals surface area contributed by atoms with E-state index in [1.807, 2.05) is 6.92 Å². The van der Waals surface area contributed by atoms with Crippen molar-refractivity contribution >= 4 is 10.0 Å². The SMILES string of the molecule is CCn1c(C2CCN(S(=O)(=O)c3cc(F)cc(F)c3)CC2)nn(CCOC)c1=O. The van der Waals surface area contributed by atoms with E-state index in [0.717, 1.165) is 12.1 Å². The molecule has 0 atom stereocenters. The highest BCUT2D eigenvalue weighted by Gasteiger charge is 2.33. The lowest BCUT2D eigenvalue weighted by molar-refractivity contribution is 0.182. The molecule has 1 saturated heterocycles. The van der Waals surface area contributed by atoms with Crippen molar-refractivity contribution in [1.82, 2.24) is 18.7 Å². The molecule has 0 unspecified atom stereocenters. The largest absolute Gasteiger partial charge is 0.383 e. The average Bonchev–Trinajstić information content (AvgIpc) is 3.01. The smallest absolute Gasteiger partial charge is 0.345 e. The number of hydrogen-bond donors (Lipinski definition) is 0. The maximum atomic E-state index is 13.4. The van der Waals surface area contributed by atoms with Gasteiger partial charge in [0.1, 0.15) is 17.5 Å². The number of hydrogen-bond acceptors (Lipinski definition) is 5. The quantitative estimate of drug-likeness (QED) is 0.665. The summed E-state index contributed by atoms with van der Waals surface area (Å²) >= 11 is 0. The molecule has 2 heterocycles. The number of aromatic nitrogens is 3. The zero-order valence-electron chi connectivity index (χ0n) is 16.3. The molecular weight excluding hydrogens is 406 g/mol. The maximum Gasteiger partial charge on any atom is 0.345 e. The first-order chi connectivity index (χ1) is 13.8. The highest BCUT2D eigenvalue weighted by molar-refractivity contribution is 7.89. The zero-order chi connectivity index (χ0) is 21.2. The molecule has 1 aromatic heterocycles. The Morgan fingerprint density at radius 3 is 2.34 bits per heavy atom. The van der Waals surface area contributed by atoms with Crippen molar-refractivity contribution < 1.29 is 21.9 Å². The second kappa shape index (κ2) is 8.72. The first-order valence-corrected chi connectivity index (χ1v) is 10.8. The summed E-state index contributed by atoms with van der Waals surface area (Å²) in [4.78, 5) is 12.1. The topological polar surface area (TPSA) is 86.4 Å². The molecule has 0 radical (unpaired) electrons. The normalized spacial score (nSPS) is 16.4. The molecule has 8 nitrogen and oxygen atoms in total. The van der Waals surface area contributed by atoms with Gasteiger partial charge in [0.2, 0.25) is 10.0 Å². The predicted molar refractivity (Wildman–Crippen MR) is 101 cm³/mol. The van der Waals surface area contributed by atoms with Crippen LogP contribution in [-0.4, -0.2) is 53.9 Å². The van der Waals surface area contributed by atoms with Crippen LogP contribution in [0.3, 0.4) is 0 Å². The Kier molecular flexibility index (Phi) is 6.49. The summed E-state index contributed by atoms with van der Waals surface area (Å²) < 4.78 is 61.5. The third kappa shape index (κ3) is 4.41. The highest BCUT2D eigenvalue weighted by atomic mass is 32.2. The van der Waals surface area contributed by atoms with E-state index in [1.54, 1.807) is 11.7 Å². The summed E-state index contributed by atoms with van der Waals surface area (Å²) in [6, 6.07) is 2.27. The summed E-state index contributed by atoms with van der Waals surface area (Å²) in [6.07, 6.45) is 0.912. The Balaban J connectivity index is 1.77. The predicted octanol–water partition coefficient (Wildman–Crippen LogP) is 1.56. The van der Waals surface area contributed by atoms with Crippen molar-refractivity contribution in [2.75, 3.05) is 26.8 Å². The minimum absolute atomic E-state index is 0.0814. The van der Waals surface area contributed by atoms with Crippen LogP contribution in [0.5, 0.6) is 0 Å². The third-order valence-electron chi connectivity index (χ3n) is 5.07. The van der Waals surface area contributed by atoms with E-state index in [1.165, 1.54) is 8.99 Å². The standard InChI is InChI=1S/C18H24F2N4O4S/c1-3-23-17(21-24(18(23)25)8-9-28-2)13-4-6-22(7-5-13)29(26,27)16-11-14(19)10-15(20)12-16/h10-13H,3-9H2,1-2H3. The second-order valence-electron chi connectivity index (χ2n) is 6.88. The summed E-state index contributed by atoms with van der Waals surface area (Å²) in [7, 11) is -2.46. The number of benzene rings is 1. The molecule has 0 amide bonds. The van der Waals surface area contributed by atoms with Gasteiger partial charge in [-0.1, -0.05) is 0 Å². The Morgan fingerprint density at radius 2 is 1.79 bits per heavy atom. The Morgan fingerprint density at radius 1 is 1.17 bits per heavy atom. The maximum absolute atomic E-state index is 13.4. The van der Waals surface area contributed by atoms with Crippen molar-refractivity contribution in [3.8, 4) is 0 Å². The van der Waals surface area contributed by atoms with E-state index in [0.29, 0.717) is 44.4 Å². The number of ether oxygens (including phenoxy) is 1. The van der Waals surface area contributed by atoms with Crippen LogP contribution in [0, 0.1) is 11.6 Å². The first kappa shape index (κ1) is 21.6. The van der Waals surface area contributed by atoms with Gasteiger partial charge in [0.15, 0.2) is 0 Å². The summed E-state index contributed by atoms with van der Waals surface area (Å²) in [5.41, 5.74) is -0.218. The van der Waals surface area contributed by atoms with Crippen LogP contribution in [0.25, 0.3) is 0 Å². The molecule has 0 N–H and O–H groups in total. The van der Waals surface area contributed by atoms with Crippen molar-refractivity contribution in [2.24, 2.45) is 0 Å². The number of nitrogens with zero attached hydrogens (tertiary/aromatic N) is 4. The van der Waals surface area contributed by atoms with Gasteiger partial charge in [-0.3, -0.25) is 4.57 Å². The van der Waals surface area contributed by atoms with Gasteiger partial charge in [0.05, 0.1) is 18.0 Å². The molecular formula is C18H24F2N4O4S. The highest BCUT2D eigenvalue weighted by Crippen LogP contribution is 2.30. The lowest BCUT2D eigenvalue weighted by atomic mass is 9.97. The fourth-order valence-electron chi connectivity index (χ4n) is 3.56. The minimum Gasteiger partial charge on any atom is -0.383 e. The van der Waals surface area contributed by atoms with Gasteiger partial charge < -0.3 is 4.74 Å². The molecule has 1 aliphatic heterocycles. The molecule has 3 rings (SSSR count). The molecule has 0 spiro atoms. The average molecular weight is 430 g/mol. The number of piperidine rings is 1. The monoisotopic (exact) mass is 430 g/mol. The van der Waals surface area contributed by atoms with Crippen LogP contribution in [0.15, 0.2) is 27.9 Å². The molecule has 1 fully saturated rings.